The van der Waals surface area contributed by atoms with Crippen LogP contribution in [0.5, 0.6) is 5.75 Å². The Kier molecular flexibility index (Phi) is 4.46. The molecule has 24 heavy (non-hydrogen) atoms. The van der Waals surface area contributed by atoms with E-state index in [1.807, 2.05) is 4.90 Å². The largest absolute Gasteiger partial charge is 0.484 e. The highest BCUT2D eigenvalue weighted by Crippen LogP contribution is 2.49. The molecule has 0 radical (unpaired) electrons. The third kappa shape index (κ3) is 3.36. The van der Waals surface area contributed by atoms with Crippen LogP contribution in [0.15, 0.2) is 24.3 Å². The van der Waals surface area contributed by atoms with E-state index in [0.29, 0.717) is 31.6 Å². The number of likely N-dealkylation sites (tertiary alicyclic amines) is 1. The number of hydrogen-bond donors (Lipinski definition) is 1. The highest BCUT2D eigenvalue weighted by Gasteiger charge is 2.54. The fourth-order valence-electron chi connectivity index (χ4n) is 4.04. The Morgan fingerprint density at radius 2 is 2.12 bits per heavy atom. The number of carbonyl (C=O) groups is 1. The van der Waals surface area contributed by atoms with Gasteiger partial charge in [-0.05, 0) is 24.8 Å². The van der Waals surface area contributed by atoms with Gasteiger partial charge in [-0.1, -0.05) is 24.6 Å². The molecular weight excluding hydrogens is 323 g/mol. The normalized spacial score (nSPS) is 27.2. The summed E-state index contributed by atoms with van der Waals surface area (Å²) in [6.07, 6.45) is -1.88. The van der Waals surface area contributed by atoms with E-state index in [1.165, 1.54) is 6.07 Å². The number of aliphatic carboxylic acids is 1. The molecule has 0 aromatic heterocycles. The molecule has 2 aliphatic rings. The highest BCUT2D eigenvalue weighted by atomic mass is 19.4. The second-order valence-electron chi connectivity index (χ2n) is 6.73. The Hall–Kier alpha value is -1.76. The Morgan fingerprint density at radius 3 is 2.79 bits per heavy atom. The average Bonchev–Trinajstić information content (AvgIpc) is 3.03. The molecule has 0 spiro atoms. The molecule has 4 nitrogen and oxygen atoms in total. The quantitative estimate of drug-likeness (QED) is 0.891. The molecule has 132 valence electrons. The van der Waals surface area contributed by atoms with Gasteiger partial charge in [-0.15, -0.1) is 0 Å². The maximum atomic E-state index is 12.4. The fourth-order valence-corrected chi connectivity index (χ4v) is 4.04. The van der Waals surface area contributed by atoms with Crippen LogP contribution in [0.1, 0.15) is 24.8 Å². The number of nitrogens with zero attached hydrogens (tertiary/aromatic N) is 1. The van der Waals surface area contributed by atoms with Crippen LogP contribution in [0.25, 0.3) is 0 Å². The molecule has 7 heteroatoms. The molecule has 1 aliphatic heterocycles. The predicted octanol–water partition coefficient (Wildman–Crippen LogP) is 3.31. The summed E-state index contributed by atoms with van der Waals surface area (Å²) >= 11 is 0. The van der Waals surface area contributed by atoms with Crippen molar-refractivity contribution in [3.05, 3.63) is 29.8 Å². The summed E-state index contributed by atoms with van der Waals surface area (Å²) in [7, 11) is 0. The van der Waals surface area contributed by atoms with Crippen molar-refractivity contribution in [1.29, 1.82) is 0 Å². The van der Waals surface area contributed by atoms with Crippen LogP contribution in [0.4, 0.5) is 13.2 Å². The minimum absolute atomic E-state index is 0.123. The number of carboxylic acid groups (broad SMARTS) is 1. The summed E-state index contributed by atoms with van der Waals surface area (Å²) in [6, 6.07) is 6.63. The third-order valence-corrected chi connectivity index (χ3v) is 5.13. The van der Waals surface area contributed by atoms with Crippen molar-refractivity contribution in [2.45, 2.75) is 32.0 Å². The summed E-state index contributed by atoms with van der Waals surface area (Å²) in [5.74, 6) is -0.427. The zero-order valence-electron chi connectivity index (χ0n) is 13.2. The van der Waals surface area contributed by atoms with E-state index in [9.17, 15) is 23.1 Å². The van der Waals surface area contributed by atoms with E-state index in [4.69, 9.17) is 4.74 Å². The zero-order chi connectivity index (χ0) is 17.4. The van der Waals surface area contributed by atoms with E-state index in [-0.39, 0.29) is 11.7 Å². The molecule has 2 fully saturated rings. The zero-order valence-corrected chi connectivity index (χ0v) is 13.2. The van der Waals surface area contributed by atoms with Crippen LogP contribution >= 0.6 is 0 Å². The number of alkyl halides is 3. The number of fused-ring (bicyclic) bond motifs is 1. The van der Waals surface area contributed by atoms with Crippen LogP contribution in [-0.4, -0.2) is 41.8 Å². The number of ether oxygens (including phenoxy) is 1. The molecule has 1 heterocycles. The first-order valence-electron chi connectivity index (χ1n) is 8.03. The average molecular weight is 343 g/mol. The van der Waals surface area contributed by atoms with Gasteiger partial charge >= 0.3 is 12.1 Å². The van der Waals surface area contributed by atoms with Gasteiger partial charge in [0, 0.05) is 25.2 Å². The van der Waals surface area contributed by atoms with E-state index >= 15 is 0 Å². The van der Waals surface area contributed by atoms with Crippen molar-refractivity contribution in [2.75, 3.05) is 19.7 Å². The lowest BCUT2D eigenvalue weighted by molar-refractivity contribution is -0.153. The highest BCUT2D eigenvalue weighted by molar-refractivity contribution is 5.76. The van der Waals surface area contributed by atoms with Crippen molar-refractivity contribution in [2.24, 2.45) is 11.3 Å². The maximum absolute atomic E-state index is 12.4. The molecule has 1 saturated carbocycles. The molecule has 2 atom stereocenters. The van der Waals surface area contributed by atoms with Gasteiger partial charge in [0.15, 0.2) is 6.61 Å². The summed E-state index contributed by atoms with van der Waals surface area (Å²) < 4.78 is 42.0. The molecule has 1 aromatic rings. The number of hydrogen-bond acceptors (Lipinski definition) is 3. The molecule has 0 unspecified atom stereocenters. The molecule has 3 rings (SSSR count). The van der Waals surface area contributed by atoms with E-state index in [1.54, 1.807) is 18.2 Å². The Balaban J connectivity index is 1.70. The Labute approximate surface area is 138 Å². The fraction of sp³-hybridized carbons (Fsp3) is 0.588. The number of carboxylic acids is 1. The number of benzene rings is 1. The van der Waals surface area contributed by atoms with Crippen molar-refractivity contribution < 1.29 is 27.8 Å². The summed E-state index contributed by atoms with van der Waals surface area (Å²) in [5, 5.41) is 9.61. The van der Waals surface area contributed by atoms with Gasteiger partial charge in [-0.3, -0.25) is 9.69 Å². The van der Waals surface area contributed by atoms with E-state index in [0.717, 1.165) is 12.8 Å². The van der Waals surface area contributed by atoms with Crippen LogP contribution < -0.4 is 4.74 Å². The van der Waals surface area contributed by atoms with Crippen molar-refractivity contribution in [1.82, 2.24) is 4.90 Å². The topological polar surface area (TPSA) is 49.8 Å². The van der Waals surface area contributed by atoms with Crippen LogP contribution in [0.3, 0.4) is 0 Å². The SMILES string of the molecule is O=C(O)[C@@]12CCC[C@H]1CN(Cc1ccccc1OCC(F)(F)F)C2. The predicted molar refractivity (Wildman–Crippen MR) is 80.7 cm³/mol. The minimum Gasteiger partial charge on any atom is -0.484 e. The standard InChI is InChI=1S/C17H20F3NO3/c18-17(19,20)11-24-14-6-2-1-4-12(14)8-21-9-13-5-3-7-16(13,10-21)15(22)23/h1-2,4,6,13H,3,5,7-11H2,(H,22,23)/t13-,16+/m0/s1. The van der Waals surface area contributed by atoms with Gasteiger partial charge in [0.05, 0.1) is 5.41 Å². The van der Waals surface area contributed by atoms with Gasteiger partial charge in [-0.2, -0.15) is 13.2 Å². The first kappa shape index (κ1) is 17.1. The lowest BCUT2D eigenvalue weighted by Crippen LogP contribution is -2.35. The van der Waals surface area contributed by atoms with Crippen molar-refractivity contribution in [3.8, 4) is 5.75 Å². The number of para-hydroxylation sites is 1. The third-order valence-electron chi connectivity index (χ3n) is 5.13. The monoisotopic (exact) mass is 343 g/mol. The van der Waals surface area contributed by atoms with Gasteiger partial charge in [0.1, 0.15) is 5.75 Å². The summed E-state index contributed by atoms with van der Waals surface area (Å²) in [5.41, 5.74) is -0.0378. The molecule has 1 saturated heterocycles. The van der Waals surface area contributed by atoms with E-state index in [2.05, 4.69) is 0 Å². The number of halogens is 3. The van der Waals surface area contributed by atoms with Gasteiger partial charge in [0.2, 0.25) is 0 Å². The summed E-state index contributed by atoms with van der Waals surface area (Å²) in [4.78, 5) is 13.7. The first-order chi connectivity index (χ1) is 11.3. The molecule has 1 N–H and O–H groups in total. The van der Waals surface area contributed by atoms with Gasteiger partial charge < -0.3 is 9.84 Å². The van der Waals surface area contributed by atoms with Crippen LogP contribution in [-0.2, 0) is 11.3 Å². The maximum Gasteiger partial charge on any atom is 0.422 e. The molecule has 0 bridgehead atoms. The second-order valence-corrected chi connectivity index (χ2v) is 6.73. The number of rotatable bonds is 5. The molecular formula is C17H20F3NO3. The lowest BCUT2D eigenvalue weighted by atomic mass is 9.81. The van der Waals surface area contributed by atoms with Crippen LogP contribution in [0, 0.1) is 11.3 Å². The lowest BCUT2D eigenvalue weighted by Gasteiger charge is -2.24. The van der Waals surface area contributed by atoms with Gasteiger partial charge in [-0.25, -0.2) is 0 Å². The van der Waals surface area contributed by atoms with E-state index < -0.39 is 24.2 Å². The van der Waals surface area contributed by atoms with Crippen LogP contribution in [0.2, 0.25) is 0 Å². The molecule has 1 aliphatic carbocycles. The Morgan fingerprint density at radius 1 is 1.38 bits per heavy atom. The molecule has 0 amide bonds. The van der Waals surface area contributed by atoms with Crippen molar-refractivity contribution in [3.63, 3.8) is 0 Å². The smallest absolute Gasteiger partial charge is 0.422 e. The first-order valence-corrected chi connectivity index (χ1v) is 8.03. The Bertz CT molecular complexity index is 619. The second kappa shape index (κ2) is 6.27. The van der Waals surface area contributed by atoms with Gasteiger partial charge in [0.25, 0.3) is 0 Å². The molecule has 1 aromatic carbocycles. The summed E-state index contributed by atoms with van der Waals surface area (Å²) in [6.45, 7) is 0.186. The minimum atomic E-state index is -4.38. The van der Waals surface area contributed by atoms with Crippen molar-refractivity contribution >= 4 is 5.97 Å².